The molecule has 0 aliphatic carbocycles. The Bertz CT molecular complexity index is 1440. The summed E-state index contributed by atoms with van der Waals surface area (Å²) in [5, 5.41) is 8.03. The molecule has 42 heavy (non-hydrogen) atoms. The molecule has 0 atom stereocenters. The van der Waals surface area contributed by atoms with E-state index in [1.165, 1.54) is 31.8 Å². The summed E-state index contributed by atoms with van der Waals surface area (Å²) in [4.78, 5) is 0. The van der Waals surface area contributed by atoms with Crippen LogP contribution in [0.15, 0.2) is 170 Å². The second kappa shape index (κ2) is 15.1. The Kier molecular flexibility index (Phi) is 10.5. The fraction of sp³-hybridized carbons (Fsp3) is 0.0526. The van der Waals surface area contributed by atoms with Gasteiger partial charge in [-0.25, -0.2) is 0 Å². The predicted octanol–water partition coefficient (Wildman–Crippen LogP) is 6.91. The van der Waals surface area contributed by atoms with Crippen LogP contribution in [0.2, 0.25) is 0 Å². The lowest BCUT2D eigenvalue weighted by Crippen LogP contribution is -2.20. The molecule has 208 valence electrons. The Morgan fingerprint density at radius 1 is 0.310 bits per heavy atom. The zero-order valence-corrected chi connectivity index (χ0v) is 25.7. The van der Waals surface area contributed by atoms with E-state index >= 15 is 0 Å². The van der Waals surface area contributed by atoms with Gasteiger partial charge in [0.15, 0.2) is 0 Å². The van der Waals surface area contributed by atoms with Gasteiger partial charge in [-0.3, -0.25) is 0 Å². The molecule has 0 aromatic heterocycles. The highest BCUT2D eigenvalue weighted by molar-refractivity contribution is 7.80. The second-order valence-corrected chi connectivity index (χ2v) is 13.9. The van der Waals surface area contributed by atoms with Crippen LogP contribution in [0.1, 0.15) is 0 Å². The van der Waals surface area contributed by atoms with E-state index in [4.69, 9.17) is 9.47 Å². The van der Waals surface area contributed by atoms with Gasteiger partial charge in [0.05, 0.1) is 14.2 Å². The van der Waals surface area contributed by atoms with Gasteiger partial charge in [-0.1, -0.05) is 146 Å². The highest BCUT2D eigenvalue weighted by Crippen LogP contribution is 2.34. The van der Waals surface area contributed by atoms with Crippen LogP contribution in [0.3, 0.4) is 0 Å². The molecule has 2 nitrogen and oxygen atoms in total. The molecular formula is C38H34O2P2. The van der Waals surface area contributed by atoms with Crippen molar-refractivity contribution in [3.8, 4) is 11.5 Å². The summed E-state index contributed by atoms with van der Waals surface area (Å²) in [6.07, 6.45) is 0. The Morgan fingerprint density at radius 2 is 0.571 bits per heavy atom. The van der Waals surface area contributed by atoms with Crippen molar-refractivity contribution in [2.45, 2.75) is 0 Å². The summed E-state index contributed by atoms with van der Waals surface area (Å²) in [7, 11) is 2.33. The number of methoxy groups -OCH3 is 2. The van der Waals surface area contributed by atoms with Crippen molar-refractivity contribution >= 4 is 47.7 Å². The Morgan fingerprint density at radius 3 is 0.833 bits per heavy atom. The van der Waals surface area contributed by atoms with E-state index in [1.54, 1.807) is 14.2 Å². The SMILES string of the molecule is COc1cccc(P(c2ccccc2)c2ccccc2)c1.COc1cccc(P(c2ccccc2)c2ccccc2)c1. The van der Waals surface area contributed by atoms with E-state index in [0.717, 1.165) is 11.5 Å². The normalized spacial score (nSPS) is 10.6. The van der Waals surface area contributed by atoms with Gasteiger partial charge < -0.3 is 9.47 Å². The number of hydrogen-bond donors (Lipinski definition) is 0. The fourth-order valence-electron chi connectivity index (χ4n) is 4.70. The van der Waals surface area contributed by atoms with Crippen LogP contribution in [0, 0.1) is 0 Å². The Balaban J connectivity index is 0.000000168. The summed E-state index contributed by atoms with van der Waals surface area (Å²) >= 11 is 0. The first-order valence-electron chi connectivity index (χ1n) is 13.9. The van der Waals surface area contributed by atoms with Crippen LogP contribution < -0.4 is 41.3 Å². The topological polar surface area (TPSA) is 18.5 Å². The molecule has 0 saturated carbocycles. The molecule has 4 heteroatoms. The molecule has 0 amide bonds. The molecule has 0 spiro atoms. The van der Waals surface area contributed by atoms with Crippen LogP contribution >= 0.6 is 15.8 Å². The summed E-state index contributed by atoms with van der Waals surface area (Å²) in [5.74, 6) is 1.82. The molecule has 0 aliphatic rings. The lowest BCUT2D eigenvalue weighted by molar-refractivity contribution is 0.415. The van der Waals surface area contributed by atoms with Gasteiger partial charge in [0, 0.05) is 0 Å². The van der Waals surface area contributed by atoms with Gasteiger partial charge in [-0.2, -0.15) is 0 Å². The minimum absolute atomic E-state index is 0.548. The van der Waals surface area contributed by atoms with E-state index < -0.39 is 15.8 Å². The van der Waals surface area contributed by atoms with Gasteiger partial charge in [-0.15, -0.1) is 0 Å². The van der Waals surface area contributed by atoms with E-state index in [2.05, 4.69) is 158 Å². The van der Waals surface area contributed by atoms with Crippen LogP contribution in [0.5, 0.6) is 11.5 Å². The zero-order chi connectivity index (χ0) is 29.0. The second-order valence-electron chi connectivity index (χ2n) is 9.42. The highest BCUT2D eigenvalue weighted by atomic mass is 31.1. The third-order valence-corrected chi connectivity index (χ3v) is 11.5. The van der Waals surface area contributed by atoms with Gasteiger partial charge in [0.2, 0.25) is 0 Å². The third-order valence-electron chi connectivity index (χ3n) is 6.68. The molecule has 0 aliphatic heterocycles. The van der Waals surface area contributed by atoms with Crippen LogP contribution in [0.4, 0.5) is 0 Å². The predicted molar refractivity (Wildman–Crippen MR) is 183 cm³/mol. The quantitative estimate of drug-likeness (QED) is 0.181. The minimum Gasteiger partial charge on any atom is -0.497 e. The zero-order valence-electron chi connectivity index (χ0n) is 23.9. The van der Waals surface area contributed by atoms with Crippen molar-refractivity contribution < 1.29 is 9.47 Å². The Labute approximate surface area is 252 Å². The molecule has 6 aromatic carbocycles. The van der Waals surface area contributed by atoms with Crippen molar-refractivity contribution in [2.75, 3.05) is 14.2 Å². The van der Waals surface area contributed by atoms with E-state index in [1.807, 2.05) is 12.1 Å². The van der Waals surface area contributed by atoms with E-state index in [9.17, 15) is 0 Å². The molecule has 6 aromatic rings. The highest BCUT2D eigenvalue weighted by Gasteiger charge is 2.17. The first-order chi connectivity index (χ1) is 20.8. The number of benzene rings is 6. The van der Waals surface area contributed by atoms with Crippen molar-refractivity contribution in [3.05, 3.63) is 170 Å². The lowest BCUT2D eigenvalue weighted by atomic mass is 10.3. The number of hydrogen-bond acceptors (Lipinski definition) is 2. The standard InChI is InChI=1S/2C19H17OP/c2*1-20-16-9-8-14-19(15-16)21(17-10-4-2-5-11-17)18-12-6-3-7-13-18/h2*2-15H,1H3. The monoisotopic (exact) mass is 584 g/mol. The van der Waals surface area contributed by atoms with Crippen molar-refractivity contribution in [1.29, 1.82) is 0 Å². The van der Waals surface area contributed by atoms with Crippen LogP contribution in [-0.2, 0) is 0 Å². The average Bonchev–Trinajstić information content (AvgIpc) is 3.07. The largest absolute Gasteiger partial charge is 0.497 e. The van der Waals surface area contributed by atoms with Crippen molar-refractivity contribution in [2.24, 2.45) is 0 Å². The molecular weight excluding hydrogens is 550 g/mol. The lowest BCUT2D eigenvalue weighted by Gasteiger charge is -2.19. The fourth-order valence-corrected chi connectivity index (χ4v) is 9.35. The summed E-state index contributed by atoms with van der Waals surface area (Å²) < 4.78 is 10.8. The van der Waals surface area contributed by atoms with Crippen molar-refractivity contribution in [1.82, 2.24) is 0 Å². The van der Waals surface area contributed by atoms with Crippen LogP contribution in [0.25, 0.3) is 0 Å². The number of ether oxygens (including phenoxy) is 2. The molecule has 0 radical (unpaired) electrons. The molecule has 0 fully saturated rings. The molecule has 0 N–H and O–H groups in total. The van der Waals surface area contributed by atoms with E-state index in [0.29, 0.717) is 0 Å². The van der Waals surface area contributed by atoms with E-state index in [-0.39, 0.29) is 0 Å². The smallest absolute Gasteiger partial charge is 0.119 e. The molecule has 0 saturated heterocycles. The van der Waals surface area contributed by atoms with Gasteiger partial charge >= 0.3 is 0 Å². The maximum absolute atomic E-state index is 5.39. The summed E-state index contributed by atoms with van der Waals surface area (Å²) in [5.41, 5.74) is 0. The molecule has 0 heterocycles. The summed E-state index contributed by atoms with van der Waals surface area (Å²) in [6.45, 7) is 0. The molecule has 0 unspecified atom stereocenters. The first-order valence-corrected chi connectivity index (χ1v) is 16.5. The van der Waals surface area contributed by atoms with Gasteiger partial charge in [0.1, 0.15) is 11.5 Å². The van der Waals surface area contributed by atoms with Gasteiger partial charge in [-0.05, 0) is 71.9 Å². The maximum atomic E-state index is 5.39. The third kappa shape index (κ3) is 7.54. The number of rotatable bonds is 8. The maximum Gasteiger partial charge on any atom is 0.119 e. The van der Waals surface area contributed by atoms with Crippen LogP contribution in [-0.4, -0.2) is 14.2 Å². The Hall–Kier alpha value is -4.22. The van der Waals surface area contributed by atoms with Gasteiger partial charge in [0.25, 0.3) is 0 Å². The molecule has 6 rings (SSSR count). The summed E-state index contributed by atoms with van der Waals surface area (Å²) in [6, 6.07) is 59.5. The minimum atomic E-state index is -0.548. The van der Waals surface area contributed by atoms with Crippen molar-refractivity contribution in [3.63, 3.8) is 0 Å². The molecule has 0 bridgehead atoms. The first kappa shape index (κ1) is 29.3. The average molecular weight is 585 g/mol.